The second kappa shape index (κ2) is 5.48. The molecule has 96 valence electrons. The molecule has 17 heavy (non-hydrogen) atoms. The molecular weight excluding hydrogens is 232 g/mol. The molecule has 0 bridgehead atoms. The summed E-state index contributed by atoms with van der Waals surface area (Å²) in [5.41, 5.74) is 7.50. The van der Waals surface area contributed by atoms with Crippen molar-refractivity contribution >= 4 is 11.3 Å². The second-order valence-electron chi connectivity index (χ2n) is 5.10. The Kier molecular flexibility index (Phi) is 4.20. The smallest absolute Gasteiger partial charge is 0.0593 e. The fourth-order valence-electron chi connectivity index (χ4n) is 2.69. The van der Waals surface area contributed by atoms with Crippen molar-refractivity contribution in [2.75, 3.05) is 19.7 Å². The molecule has 3 nitrogen and oxygen atoms in total. The van der Waals surface area contributed by atoms with Crippen molar-refractivity contribution in [1.82, 2.24) is 4.90 Å². The van der Waals surface area contributed by atoms with Crippen LogP contribution >= 0.6 is 11.3 Å². The van der Waals surface area contributed by atoms with Gasteiger partial charge in [0.1, 0.15) is 0 Å². The summed E-state index contributed by atoms with van der Waals surface area (Å²) >= 11 is 1.80. The molecule has 0 amide bonds. The lowest BCUT2D eigenvalue weighted by molar-refractivity contribution is 0.187. The van der Waals surface area contributed by atoms with Crippen molar-refractivity contribution in [3.63, 3.8) is 0 Å². The van der Waals surface area contributed by atoms with E-state index >= 15 is 0 Å². The lowest BCUT2D eigenvalue weighted by Crippen LogP contribution is -2.38. The highest BCUT2D eigenvalue weighted by Gasteiger charge is 2.32. The average Bonchev–Trinajstić information content (AvgIpc) is 2.89. The van der Waals surface area contributed by atoms with E-state index in [1.807, 2.05) is 0 Å². The molecule has 0 spiro atoms. The minimum atomic E-state index is 0.129. The van der Waals surface area contributed by atoms with Gasteiger partial charge in [0.15, 0.2) is 0 Å². The summed E-state index contributed by atoms with van der Waals surface area (Å²) < 4.78 is 0. The van der Waals surface area contributed by atoms with Crippen molar-refractivity contribution in [3.8, 4) is 0 Å². The van der Waals surface area contributed by atoms with Gasteiger partial charge in [0.25, 0.3) is 0 Å². The maximum atomic E-state index is 9.23. The number of nitrogens with zero attached hydrogens (tertiary/aromatic N) is 1. The topological polar surface area (TPSA) is 49.5 Å². The van der Waals surface area contributed by atoms with E-state index in [1.54, 1.807) is 11.3 Å². The molecule has 1 aromatic heterocycles. The van der Waals surface area contributed by atoms with E-state index in [0.29, 0.717) is 18.6 Å². The molecule has 0 aliphatic carbocycles. The molecule has 1 fully saturated rings. The monoisotopic (exact) mass is 254 g/mol. The molecule has 1 aromatic rings. The zero-order valence-corrected chi connectivity index (χ0v) is 11.4. The first-order chi connectivity index (χ1) is 8.13. The van der Waals surface area contributed by atoms with Crippen molar-refractivity contribution in [3.05, 3.63) is 21.9 Å². The lowest BCUT2D eigenvalue weighted by atomic mass is 10.0. The Labute approximate surface area is 107 Å². The van der Waals surface area contributed by atoms with Crippen molar-refractivity contribution in [1.29, 1.82) is 0 Å². The van der Waals surface area contributed by atoms with Gasteiger partial charge in [-0.05, 0) is 49.7 Å². The molecule has 3 N–H and O–H groups in total. The summed E-state index contributed by atoms with van der Waals surface area (Å²) in [7, 11) is 0. The van der Waals surface area contributed by atoms with Gasteiger partial charge in [-0.1, -0.05) is 0 Å². The number of likely N-dealkylation sites (tertiary alicyclic amines) is 1. The summed E-state index contributed by atoms with van der Waals surface area (Å²) in [6, 6.07) is 2.60. The summed E-state index contributed by atoms with van der Waals surface area (Å²) in [4.78, 5) is 3.82. The van der Waals surface area contributed by atoms with Gasteiger partial charge in [0, 0.05) is 24.1 Å². The fraction of sp³-hybridized carbons (Fsp3) is 0.692. The van der Waals surface area contributed by atoms with Gasteiger partial charge in [-0.25, -0.2) is 0 Å². The predicted molar refractivity (Wildman–Crippen MR) is 72.2 cm³/mol. The summed E-state index contributed by atoms with van der Waals surface area (Å²) in [6.07, 6.45) is 1.09. The van der Waals surface area contributed by atoms with E-state index in [0.717, 1.165) is 19.5 Å². The Morgan fingerprint density at radius 2 is 2.41 bits per heavy atom. The van der Waals surface area contributed by atoms with Gasteiger partial charge in [0.05, 0.1) is 6.04 Å². The molecule has 2 heterocycles. The van der Waals surface area contributed by atoms with E-state index in [2.05, 4.69) is 30.2 Å². The molecule has 2 rings (SSSR count). The molecule has 1 aliphatic heterocycles. The minimum Gasteiger partial charge on any atom is -0.396 e. The van der Waals surface area contributed by atoms with E-state index < -0.39 is 0 Å². The molecular formula is C13H22N2OS. The Morgan fingerprint density at radius 1 is 1.65 bits per heavy atom. The van der Waals surface area contributed by atoms with Gasteiger partial charge in [0.2, 0.25) is 0 Å². The Balaban J connectivity index is 2.17. The normalized spacial score (nSPS) is 25.1. The van der Waals surface area contributed by atoms with Crippen LogP contribution in [-0.4, -0.2) is 35.7 Å². The number of aryl methyl sites for hydroxylation is 1. The quantitative estimate of drug-likeness (QED) is 0.861. The third-order valence-electron chi connectivity index (χ3n) is 3.64. The van der Waals surface area contributed by atoms with Gasteiger partial charge < -0.3 is 10.8 Å². The number of aliphatic hydroxyl groups excluding tert-OH is 1. The van der Waals surface area contributed by atoms with Gasteiger partial charge in [-0.3, -0.25) is 4.90 Å². The maximum absolute atomic E-state index is 9.23. The first kappa shape index (κ1) is 13.0. The molecule has 4 heteroatoms. The molecule has 3 atom stereocenters. The third-order valence-corrected chi connectivity index (χ3v) is 4.73. The number of thiophene rings is 1. The fourth-order valence-corrected chi connectivity index (χ4v) is 3.86. The second-order valence-corrected chi connectivity index (χ2v) is 6.05. The minimum absolute atomic E-state index is 0.129. The highest BCUT2D eigenvalue weighted by Crippen LogP contribution is 2.34. The third kappa shape index (κ3) is 2.71. The summed E-state index contributed by atoms with van der Waals surface area (Å²) in [6.45, 7) is 6.55. The highest BCUT2D eigenvalue weighted by molar-refractivity contribution is 7.10. The number of hydrogen-bond acceptors (Lipinski definition) is 4. The first-order valence-corrected chi connectivity index (χ1v) is 7.16. The molecule has 0 aromatic carbocycles. The number of nitrogens with two attached hydrogens (primary N) is 1. The number of hydrogen-bond donors (Lipinski definition) is 2. The van der Waals surface area contributed by atoms with Gasteiger partial charge in [-0.2, -0.15) is 0 Å². The van der Waals surface area contributed by atoms with Crippen LogP contribution in [0.1, 0.15) is 29.8 Å². The number of rotatable bonds is 4. The Morgan fingerprint density at radius 3 is 2.88 bits per heavy atom. The van der Waals surface area contributed by atoms with Crippen LogP contribution in [0.5, 0.6) is 0 Å². The first-order valence-electron chi connectivity index (χ1n) is 6.28. The van der Waals surface area contributed by atoms with E-state index in [-0.39, 0.29) is 6.04 Å². The molecule has 1 aliphatic rings. The van der Waals surface area contributed by atoms with Crippen LogP contribution in [0.4, 0.5) is 0 Å². The van der Waals surface area contributed by atoms with E-state index in [1.165, 1.54) is 10.4 Å². The SMILES string of the molecule is Cc1ccsc1C(C(C)N)N1CCC(CO)C1. The molecule has 1 saturated heterocycles. The summed E-state index contributed by atoms with van der Waals surface area (Å²) in [5.74, 6) is 0.427. The van der Waals surface area contributed by atoms with Crippen molar-refractivity contribution < 1.29 is 5.11 Å². The largest absolute Gasteiger partial charge is 0.396 e. The highest BCUT2D eigenvalue weighted by atomic mass is 32.1. The van der Waals surface area contributed by atoms with Crippen molar-refractivity contribution in [2.45, 2.75) is 32.4 Å². The lowest BCUT2D eigenvalue weighted by Gasteiger charge is -2.30. The van der Waals surface area contributed by atoms with Crippen LogP contribution < -0.4 is 5.73 Å². The summed E-state index contributed by atoms with van der Waals surface area (Å²) in [5, 5.41) is 11.4. The van der Waals surface area contributed by atoms with Crippen LogP contribution in [0.2, 0.25) is 0 Å². The van der Waals surface area contributed by atoms with Gasteiger partial charge in [-0.15, -0.1) is 11.3 Å². The standard InChI is InChI=1S/C13H22N2OS/c1-9-4-6-17-13(9)12(10(2)14)15-5-3-11(7-15)8-16/h4,6,10-12,16H,3,5,7-8,14H2,1-2H3. The van der Waals surface area contributed by atoms with Crippen LogP contribution in [0, 0.1) is 12.8 Å². The average molecular weight is 254 g/mol. The van der Waals surface area contributed by atoms with Crippen molar-refractivity contribution in [2.24, 2.45) is 11.7 Å². The molecule has 0 radical (unpaired) electrons. The zero-order valence-electron chi connectivity index (χ0n) is 10.6. The van der Waals surface area contributed by atoms with Crippen LogP contribution in [0.25, 0.3) is 0 Å². The van der Waals surface area contributed by atoms with E-state index in [4.69, 9.17) is 5.73 Å². The maximum Gasteiger partial charge on any atom is 0.0593 e. The predicted octanol–water partition coefficient (Wildman–Crippen LogP) is 1.76. The van der Waals surface area contributed by atoms with Crippen LogP contribution in [0.15, 0.2) is 11.4 Å². The Bertz CT molecular complexity index is 364. The van der Waals surface area contributed by atoms with Crippen LogP contribution in [-0.2, 0) is 0 Å². The molecule has 3 unspecified atom stereocenters. The zero-order chi connectivity index (χ0) is 12.4. The van der Waals surface area contributed by atoms with E-state index in [9.17, 15) is 5.11 Å². The number of aliphatic hydroxyl groups is 1. The molecule has 0 saturated carbocycles. The Hall–Kier alpha value is -0.420. The van der Waals surface area contributed by atoms with Crippen LogP contribution in [0.3, 0.4) is 0 Å². The van der Waals surface area contributed by atoms with Gasteiger partial charge >= 0.3 is 0 Å².